The van der Waals surface area contributed by atoms with Gasteiger partial charge in [-0.1, -0.05) is 12.1 Å². The van der Waals surface area contributed by atoms with Gasteiger partial charge in [-0.15, -0.1) is 0 Å². The van der Waals surface area contributed by atoms with Crippen LogP contribution in [0.2, 0.25) is 0 Å². The summed E-state index contributed by atoms with van der Waals surface area (Å²) in [6.45, 7) is 5.04. The van der Waals surface area contributed by atoms with Gasteiger partial charge in [-0.3, -0.25) is 9.59 Å². The topological polar surface area (TPSA) is 122 Å². The van der Waals surface area contributed by atoms with Crippen molar-refractivity contribution in [3.05, 3.63) is 29.8 Å². The number of benzene rings is 1. The SMILES string of the molecule is CC(C)(C)OC(=O)NC(CCC(=O)O)C(=O)Nc1ccc(CC=O)cc1.[H-].[Na+]. The summed E-state index contributed by atoms with van der Waals surface area (Å²) in [5, 5.41) is 13.8. The van der Waals surface area contributed by atoms with E-state index in [1.165, 1.54) is 0 Å². The van der Waals surface area contributed by atoms with Crippen LogP contribution in [0.5, 0.6) is 0 Å². The largest absolute Gasteiger partial charge is 1.00 e. The van der Waals surface area contributed by atoms with Crippen molar-refractivity contribution in [1.82, 2.24) is 5.32 Å². The van der Waals surface area contributed by atoms with Crippen LogP contribution >= 0.6 is 0 Å². The van der Waals surface area contributed by atoms with Gasteiger partial charge in [-0.05, 0) is 44.9 Å². The van der Waals surface area contributed by atoms with E-state index in [0.717, 1.165) is 11.8 Å². The standard InChI is InChI=1S/C18H24N2O6.Na.H/c1-18(2,3)26-17(25)20-14(8-9-15(22)23)16(24)19-13-6-4-12(5-7-13)10-11-21;;/h4-7,11,14H,8-10H2,1-3H3,(H,19,24)(H,20,25)(H,22,23);;/q;+1;-1. The maximum Gasteiger partial charge on any atom is 1.00 e. The van der Waals surface area contributed by atoms with Gasteiger partial charge in [-0.2, -0.15) is 0 Å². The summed E-state index contributed by atoms with van der Waals surface area (Å²) < 4.78 is 5.11. The van der Waals surface area contributed by atoms with Gasteiger partial charge >= 0.3 is 41.6 Å². The average Bonchev–Trinajstić information content (AvgIpc) is 2.51. The predicted molar refractivity (Wildman–Crippen MR) is 96.0 cm³/mol. The van der Waals surface area contributed by atoms with Crippen molar-refractivity contribution in [2.24, 2.45) is 0 Å². The number of carboxylic acids is 1. The monoisotopic (exact) mass is 388 g/mol. The molecule has 144 valence electrons. The summed E-state index contributed by atoms with van der Waals surface area (Å²) >= 11 is 0. The fourth-order valence-electron chi connectivity index (χ4n) is 2.04. The summed E-state index contributed by atoms with van der Waals surface area (Å²) in [4.78, 5) is 45.6. The number of carboxylic acid groups (broad SMARTS) is 1. The van der Waals surface area contributed by atoms with Crippen LogP contribution in [0.25, 0.3) is 0 Å². The molecule has 2 amide bonds. The molecule has 8 nitrogen and oxygen atoms in total. The van der Waals surface area contributed by atoms with E-state index in [0.29, 0.717) is 5.69 Å². The third-order valence-corrected chi connectivity index (χ3v) is 3.19. The summed E-state index contributed by atoms with van der Waals surface area (Å²) in [6.07, 6.45) is -0.115. The fraction of sp³-hybridized carbons (Fsp3) is 0.444. The molecule has 0 bridgehead atoms. The van der Waals surface area contributed by atoms with Crippen molar-refractivity contribution in [3.63, 3.8) is 0 Å². The van der Waals surface area contributed by atoms with Crippen molar-refractivity contribution < 1.29 is 60.0 Å². The molecule has 0 aliphatic heterocycles. The molecule has 27 heavy (non-hydrogen) atoms. The van der Waals surface area contributed by atoms with E-state index < -0.39 is 29.6 Å². The molecule has 0 heterocycles. The Hall–Kier alpha value is -1.90. The molecule has 0 aromatic heterocycles. The van der Waals surface area contributed by atoms with Crippen LogP contribution in [0.4, 0.5) is 10.5 Å². The maximum absolute atomic E-state index is 12.4. The Morgan fingerprint density at radius 3 is 2.30 bits per heavy atom. The van der Waals surface area contributed by atoms with Gasteiger partial charge in [0.05, 0.1) is 0 Å². The Labute approximate surface area is 181 Å². The summed E-state index contributed by atoms with van der Waals surface area (Å²) in [7, 11) is 0. The Bertz CT molecular complexity index is 661. The van der Waals surface area contributed by atoms with E-state index in [4.69, 9.17) is 9.84 Å². The zero-order valence-corrected chi connectivity index (χ0v) is 18.1. The molecule has 9 heteroatoms. The number of hydrogen-bond acceptors (Lipinski definition) is 5. The Kier molecular flexibility index (Phi) is 10.9. The normalized spacial score (nSPS) is 11.5. The number of carbonyl (C=O) groups excluding carboxylic acids is 3. The molecule has 0 aliphatic rings. The van der Waals surface area contributed by atoms with Gasteiger partial charge in [0.25, 0.3) is 0 Å². The van der Waals surface area contributed by atoms with Gasteiger partial charge in [0.1, 0.15) is 17.9 Å². The van der Waals surface area contributed by atoms with E-state index in [2.05, 4.69) is 10.6 Å². The van der Waals surface area contributed by atoms with Crippen LogP contribution in [0.3, 0.4) is 0 Å². The molecular formula is C18H25N2NaO6. The minimum Gasteiger partial charge on any atom is -1.00 e. The van der Waals surface area contributed by atoms with Gasteiger partial charge < -0.3 is 26.7 Å². The van der Waals surface area contributed by atoms with Gasteiger partial charge in [0.15, 0.2) is 0 Å². The molecule has 1 aromatic rings. The zero-order valence-electron chi connectivity index (χ0n) is 17.1. The molecule has 0 saturated heterocycles. The number of carbonyl (C=O) groups is 4. The second kappa shape index (κ2) is 11.7. The van der Waals surface area contributed by atoms with E-state index in [1.807, 2.05) is 0 Å². The summed E-state index contributed by atoms with van der Waals surface area (Å²) in [6, 6.07) is 5.57. The van der Waals surface area contributed by atoms with Crippen LogP contribution in [0.15, 0.2) is 24.3 Å². The Morgan fingerprint density at radius 1 is 1.22 bits per heavy atom. The number of anilines is 1. The number of aliphatic carboxylic acids is 1. The molecule has 0 aliphatic carbocycles. The molecule has 3 N–H and O–H groups in total. The zero-order chi connectivity index (χ0) is 19.7. The van der Waals surface area contributed by atoms with E-state index >= 15 is 0 Å². The first-order chi connectivity index (χ1) is 12.1. The second-order valence-electron chi connectivity index (χ2n) is 6.69. The fourth-order valence-corrected chi connectivity index (χ4v) is 2.04. The number of aldehydes is 1. The van der Waals surface area contributed by atoms with Crippen molar-refractivity contribution in [3.8, 4) is 0 Å². The molecule has 1 rings (SSSR count). The molecule has 1 atom stereocenters. The first-order valence-electron chi connectivity index (χ1n) is 8.15. The third kappa shape index (κ3) is 10.7. The predicted octanol–water partition coefficient (Wildman–Crippen LogP) is -0.759. The molecule has 0 radical (unpaired) electrons. The van der Waals surface area contributed by atoms with Crippen molar-refractivity contribution in [1.29, 1.82) is 0 Å². The first-order valence-corrected chi connectivity index (χ1v) is 8.15. The molecule has 1 unspecified atom stereocenters. The van der Waals surface area contributed by atoms with E-state index in [1.54, 1.807) is 45.0 Å². The van der Waals surface area contributed by atoms with Crippen LogP contribution in [0, 0.1) is 0 Å². The Balaban J connectivity index is 0. The first kappa shape index (κ1) is 25.1. The van der Waals surface area contributed by atoms with Crippen LogP contribution < -0.4 is 40.2 Å². The van der Waals surface area contributed by atoms with Crippen molar-refractivity contribution in [2.45, 2.75) is 51.7 Å². The minimum absolute atomic E-state index is 0. The van der Waals surface area contributed by atoms with Crippen molar-refractivity contribution >= 4 is 29.9 Å². The number of rotatable bonds is 8. The molecule has 1 aromatic carbocycles. The van der Waals surface area contributed by atoms with E-state index in [-0.39, 0.29) is 50.2 Å². The van der Waals surface area contributed by atoms with Crippen LogP contribution in [0.1, 0.15) is 40.6 Å². The molecule has 0 fully saturated rings. The minimum atomic E-state index is -1.08. The smallest absolute Gasteiger partial charge is 1.00 e. The Morgan fingerprint density at radius 2 is 1.81 bits per heavy atom. The number of ether oxygens (including phenoxy) is 1. The summed E-state index contributed by atoms with van der Waals surface area (Å²) in [5.74, 6) is -1.63. The third-order valence-electron chi connectivity index (χ3n) is 3.19. The number of amides is 2. The number of alkyl carbamates (subject to hydrolysis) is 1. The van der Waals surface area contributed by atoms with E-state index in [9.17, 15) is 19.2 Å². The number of hydrogen-bond donors (Lipinski definition) is 3. The van der Waals surface area contributed by atoms with Crippen molar-refractivity contribution in [2.75, 3.05) is 5.32 Å². The number of nitrogens with one attached hydrogen (secondary N) is 2. The molecule has 0 saturated carbocycles. The van der Waals surface area contributed by atoms with Gasteiger partial charge in [-0.25, -0.2) is 4.79 Å². The molecular weight excluding hydrogens is 363 g/mol. The maximum atomic E-state index is 12.4. The van der Waals surface area contributed by atoms with Gasteiger partial charge in [0.2, 0.25) is 5.91 Å². The summed E-state index contributed by atoms with van der Waals surface area (Å²) in [5.41, 5.74) is 0.523. The van der Waals surface area contributed by atoms with Crippen LogP contribution in [-0.4, -0.2) is 41.0 Å². The quantitative estimate of drug-likeness (QED) is 0.398. The molecule has 0 spiro atoms. The van der Waals surface area contributed by atoms with Gasteiger partial charge in [0, 0.05) is 18.5 Å². The average molecular weight is 388 g/mol. The second-order valence-corrected chi connectivity index (χ2v) is 6.69. The van der Waals surface area contributed by atoms with Crippen LogP contribution in [-0.2, 0) is 25.5 Å².